The number of aromatic nitrogens is 3. The van der Waals surface area contributed by atoms with Gasteiger partial charge in [-0.25, -0.2) is 4.98 Å². The number of nitrogens with one attached hydrogen (secondary N) is 1. The average molecular weight is 429 g/mol. The summed E-state index contributed by atoms with van der Waals surface area (Å²) >= 11 is 1.67. The van der Waals surface area contributed by atoms with Crippen molar-refractivity contribution < 1.29 is 4.79 Å². The lowest BCUT2D eigenvalue weighted by atomic mass is 10.1. The van der Waals surface area contributed by atoms with Gasteiger partial charge in [-0.1, -0.05) is 42.5 Å². The Morgan fingerprint density at radius 2 is 1.81 bits per heavy atom. The Labute approximate surface area is 185 Å². The number of para-hydroxylation sites is 2. The lowest BCUT2D eigenvalue weighted by Gasteiger charge is -2.12. The zero-order valence-corrected chi connectivity index (χ0v) is 18.2. The first-order chi connectivity index (χ1) is 15.2. The molecule has 0 saturated heterocycles. The summed E-state index contributed by atoms with van der Waals surface area (Å²) in [4.78, 5) is 17.9. The van der Waals surface area contributed by atoms with E-state index >= 15 is 0 Å². The van der Waals surface area contributed by atoms with Crippen LogP contribution in [-0.2, 0) is 26.1 Å². The molecule has 0 bridgehead atoms. The van der Waals surface area contributed by atoms with Gasteiger partial charge in [0.1, 0.15) is 11.5 Å². The van der Waals surface area contributed by atoms with Gasteiger partial charge in [0.2, 0.25) is 0 Å². The maximum Gasteiger partial charge on any atom is 0.268 e. The Bertz CT molecular complexity index is 1350. The minimum atomic E-state index is -0.0637. The summed E-state index contributed by atoms with van der Waals surface area (Å²) in [6.07, 6.45) is 0.881. The number of fused-ring (bicyclic) bond motifs is 2. The minimum absolute atomic E-state index is 0.0637. The van der Waals surface area contributed by atoms with E-state index in [4.69, 9.17) is 4.98 Å². The molecule has 0 saturated carbocycles. The summed E-state index contributed by atoms with van der Waals surface area (Å²) < 4.78 is 5.43. The largest absolute Gasteiger partial charge is 0.344 e. The minimum Gasteiger partial charge on any atom is -0.344 e. The summed E-state index contributed by atoms with van der Waals surface area (Å²) in [5.74, 6) is 0.812. The lowest BCUT2D eigenvalue weighted by molar-refractivity contribution is 0.0940. The molecule has 0 spiro atoms. The Morgan fingerprint density at radius 3 is 2.65 bits per heavy atom. The number of benzene rings is 2. The number of imidazole rings is 1. The number of aryl methyl sites for hydroxylation is 3. The van der Waals surface area contributed by atoms with Crippen molar-refractivity contribution in [3.8, 4) is 0 Å². The predicted molar refractivity (Wildman–Crippen MR) is 127 cm³/mol. The maximum absolute atomic E-state index is 13.2. The van der Waals surface area contributed by atoms with Gasteiger partial charge < -0.3 is 14.5 Å². The van der Waals surface area contributed by atoms with E-state index in [2.05, 4.69) is 63.2 Å². The van der Waals surface area contributed by atoms with E-state index < -0.39 is 0 Å². The number of hydrogen-bond donors (Lipinski definition) is 1. The van der Waals surface area contributed by atoms with Gasteiger partial charge in [-0.05, 0) is 48.6 Å². The first-order valence-corrected chi connectivity index (χ1v) is 11.5. The topological polar surface area (TPSA) is 51.9 Å². The molecule has 5 rings (SSSR count). The number of thiophene rings is 1. The summed E-state index contributed by atoms with van der Waals surface area (Å²) in [6, 6.07) is 22.6. The normalized spacial score (nSPS) is 11.4. The van der Waals surface area contributed by atoms with E-state index in [-0.39, 0.29) is 5.91 Å². The molecule has 6 heteroatoms. The Kier molecular flexibility index (Phi) is 5.30. The van der Waals surface area contributed by atoms with Gasteiger partial charge in [0.25, 0.3) is 5.91 Å². The van der Waals surface area contributed by atoms with Crippen molar-refractivity contribution in [1.82, 2.24) is 19.4 Å². The van der Waals surface area contributed by atoms with Crippen molar-refractivity contribution in [1.29, 1.82) is 0 Å². The van der Waals surface area contributed by atoms with Crippen LogP contribution in [0.2, 0.25) is 0 Å². The fourth-order valence-corrected chi connectivity index (χ4v) is 4.98. The molecule has 2 aromatic carbocycles. The predicted octanol–water partition coefficient (Wildman–Crippen LogP) is 5.25. The molecule has 156 valence electrons. The Morgan fingerprint density at radius 1 is 1.00 bits per heavy atom. The molecule has 0 fully saturated rings. The van der Waals surface area contributed by atoms with Gasteiger partial charge in [0.15, 0.2) is 0 Å². The smallest absolute Gasteiger partial charge is 0.268 e. The van der Waals surface area contributed by atoms with Gasteiger partial charge >= 0.3 is 0 Å². The molecule has 0 aliphatic carbocycles. The second kappa shape index (κ2) is 8.40. The fourth-order valence-electron chi connectivity index (χ4n) is 4.15. The average Bonchev–Trinajstić information content (AvgIpc) is 3.49. The zero-order valence-electron chi connectivity index (χ0n) is 17.4. The van der Waals surface area contributed by atoms with E-state index in [0.717, 1.165) is 46.6 Å². The quantitative estimate of drug-likeness (QED) is 0.385. The fraction of sp³-hybridized carbons (Fsp3) is 0.200. The van der Waals surface area contributed by atoms with Crippen LogP contribution in [0.15, 0.2) is 72.1 Å². The summed E-state index contributed by atoms with van der Waals surface area (Å²) in [5, 5.41) is 5.18. The van der Waals surface area contributed by atoms with E-state index in [1.165, 1.54) is 5.56 Å². The highest BCUT2D eigenvalue weighted by molar-refractivity contribution is 7.17. The number of carbonyl (C=O) groups is 1. The second-order valence-corrected chi connectivity index (χ2v) is 8.48. The third kappa shape index (κ3) is 3.75. The van der Waals surface area contributed by atoms with Crippen molar-refractivity contribution in [2.24, 2.45) is 0 Å². The molecule has 31 heavy (non-hydrogen) atoms. The molecule has 5 aromatic rings. The molecule has 3 heterocycles. The van der Waals surface area contributed by atoms with E-state index in [0.29, 0.717) is 12.2 Å². The van der Waals surface area contributed by atoms with Crippen molar-refractivity contribution in [3.63, 3.8) is 0 Å². The van der Waals surface area contributed by atoms with Crippen LogP contribution in [0.4, 0.5) is 0 Å². The van der Waals surface area contributed by atoms with Gasteiger partial charge in [-0.2, -0.15) is 0 Å². The summed E-state index contributed by atoms with van der Waals surface area (Å²) in [6.45, 7) is 4.08. The van der Waals surface area contributed by atoms with Crippen LogP contribution >= 0.6 is 11.3 Å². The van der Waals surface area contributed by atoms with Crippen LogP contribution in [0.5, 0.6) is 0 Å². The molecule has 0 unspecified atom stereocenters. The maximum atomic E-state index is 13.2. The van der Waals surface area contributed by atoms with Crippen LogP contribution in [0.1, 0.15) is 28.8 Å². The third-order valence-electron chi connectivity index (χ3n) is 5.68. The SMILES string of the molecule is CCn1c(CNC(=O)c2cc3sccc3n2CCc2ccccc2)nc2ccccc21. The zero-order chi connectivity index (χ0) is 21.2. The highest BCUT2D eigenvalue weighted by atomic mass is 32.1. The monoisotopic (exact) mass is 428 g/mol. The molecule has 3 aromatic heterocycles. The molecular weight excluding hydrogens is 404 g/mol. The van der Waals surface area contributed by atoms with E-state index in [9.17, 15) is 4.79 Å². The standard InChI is InChI=1S/C25H24N4OS/c1-2-28-20-11-7-6-10-19(20)27-24(28)17-26-25(30)22-16-23-21(13-15-31-23)29(22)14-12-18-8-4-3-5-9-18/h3-11,13,15-16H,2,12,14,17H2,1H3,(H,26,30). The molecular formula is C25H24N4OS. The van der Waals surface area contributed by atoms with Gasteiger partial charge in [-0.3, -0.25) is 4.79 Å². The number of carbonyl (C=O) groups excluding carboxylic acids is 1. The van der Waals surface area contributed by atoms with Crippen LogP contribution < -0.4 is 5.32 Å². The van der Waals surface area contributed by atoms with Gasteiger partial charge in [0.05, 0.1) is 27.8 Å². The van der Waals surface area contributed by atoms with Gasteiger partial charge in [0, 0.05) is 13.1 Å². The highest BCUT2D eigenvalue weighted by Crippen LogP contribution is 2.26. The van der Waals surface area contributed by atoms with Crippen LogP contribution in [0, 0.1) is 0 Å². The first-order valence-electron chi connectivity index (χ1n) is 10.6. The van der Waals surface area contributed by atoms with Crippen LogP contribution in [0.3, 0.4) is 0 Å². The number of rotatable bonds is 7. The molecule has 0 aliphatic heterocycles. The van der Waals surface area contributed by atoms with Crippen molar-refractivity contribution in [2.75, 3.05) is 0 Å². The van der Waals surface area contributed by atoms with Crippen molar-refractivity contribution >= 4 is 38.5 Å². The molecule has 0 atom stereocenters. The molecule has 1 amide bonds. The first kappa shape index (κ1) is 19.6. The molecule has 0 aliphatic rings. The van der Waals surface area contributed by atoms with E-state index in [1.807, 2.05) is 30.3 Å². The molecule has 1 N–H and O–H groups in total. The van der Waals surface area contributed by atoms with Crippen LogP contribution in [0.25, 0.3) is 21.3 Å². The second-order valence-electron chi connectivity index (χ2n) is 7.53. The molecule has 0 radical (unpaired) electrons. The van der Waals surface area contributed by atoms with E-state index in [1.54, 1.807) is 11.3 Å². The van der Waals surface area contributed by atoms with Crippen LogP contribution in [-0.4, -0.2) is 20.0 Å². The van der Waals surface area contributed by atoms with Gasteiger partial charge in [-0.15, -0.1) is 11.3 Å². The van der Waals surface area contributed by atoms with Crippen molar-refractivity contribution in [2.45, 2.75) is 33.0 Å². The Hall–Kier alpha value is -3.38. The lowest BCUT2D eigenvalue weighted by Crippen LogP contribution is -2.27. The highest BCUT2D eigenvalue weighted by Gasteiger charge is 2.17. The number of amides is 1. The number of hydrogen-bond acceptors (Lipinski definition) is 3. The third-order valence-corrected chi connectivity index (χ3v) is 6.53. The molecule has 5 nitrogen and oxygen atoms in total. The van der Waals surface area contributed by atoms with Crippen molar-refractivity contribution in [3.05, 3.63) is 89.2 Å². The summed E-state index contributed by atoms with van der Waals surface area (Å²) in [5.41, 5.74) is 5.15. The summed E-state index contributed by atoms with van der Waals surface area (Å²) in [7, 11) is 0. The Balaban J connectivity index is 1.38. The number of nitrogens with zero attached hydrogens (tertiary/aromatic N) is 3.